The van der Waals surface area contributed by atoms with Gasteiger partial charge in [-0.15, -0.1) is 0 Å². The van der Waals surface area contributed by atoms with Crippen LogP contribution in [0.5, 0.6) is 5.75 Å². The van der Waals surface area contributed by atoms with Gasteiger partial charge in [-0.1, -0.05) is 29.8 Å². The van der Waals surface area contributed by atoms with Gasteiger partial charge in [0.25, 0.3) is 5.91 Å². The van der Waals surface area contributed by atoms with E-state index in [4.69, 9.17) is 4.74 Å². The molecule has 2 aromatic rings. The smallest absolute Gasteiger partial charge is 0.255 e. The standard InChI is InChI=1S/C18H21NO4S/c1-13-9-10-16(23-3)14(11-13)12-19(2)18(20)15-7-5-6-8-17(15)24(4,21)22/h5-11H,12H2,1-4H3. The van der Waals surface area contributed by atoms with Crippen LogP contribution in [0.2, 0.25) is 0 Å². The molecule has 0 heterocycles. The number of methoxy groups -OCH3 is 1. The van der Waals surface area contributed by atoms with E-state index in [9.17, 15) is 13.2 Å². The molecular formula is C18H21NO4S. The van der Waals surface area contributed by atoms with Crippen molar-refractivity contribution in [3.8, 4) is 5.75 Å². The fraction of sp³-hybridized carbons (Fsp3) is 0.278. The van der Waals surface area contributed by atoms with E-state index in [-0.39, 0.29) is 16.4 Å². The number of carbonyl (C=O) groups is 1. The van der Waals surface area contributed by atoms with E-state index >= 15 is 0 Å². The van der Waals surface area contributed by atoms with Crippen LogP contribution in [0.25, 0.3) is 0 Å². The molecule has 2 rings (SSSR count). The monoisotopic (exact) mass is 347 g/mol. The summed E-state index contributed by atoms with van der Waals surface area (Å²) in [7, 11) is -0.256. The van der Waals surface area contributed by atoms with Crippen molar-refractivity contribution in [2.45, 2.75) is 18.4 Å². The van der Waals surface area contributed by atoms with Crippen LogP contribution in [0.3, 0.4) is 0 Å². The highest BCUT2D eigenvalue weighted by Crippen LogP contribution is 2.23. The molecule has 0 bridgehead atoms. The SMILES string of the molecule is COc1ccc(C)cc1CN(C)C(=O)c1ccccc1S(C)(=O)=O. The topological polar surface area (TPSA) is 63.7 Å². The summed E-state index contributed by atoms with van der Waals surface area (Å²) in [4.78, 5) is 14.2. The van der Waals surface area contributed by atoms with E-state index in [1.165, 1.54) is 17.0 Å². The molecule has 0 aliphatic carbocycles. The third-order valence-corrected chi connectivity index (χ3v) is 4.86. The Kier molecular flexibility index (Phi) is 5.29. The number of nitrogens with zero attached hydrogens (tertiary/aromatic N) is 1. The van der Waals surface area contributed by atoms with Gasteiger partial charge in [0.15, 0.2) is 9.84 Å². The molecule has 0 saturated carbocycles. The first-order valence-corrected chi connectivity index (χ1v) is 9.31. The van der Waals surface area contributed by atoms with Crippen molar-refractivity contribution in [2.24, 2.45) is 0 Å². The summed E-state index contributed by atoms with van der Waals surface area (Å²) in [5.74, 6) is 0.344. The Balaban J connectivity index is 2.34. The van der Waals surface area contributed by atoms with Gasteiger partial charge in [0.2, 0.25) is 0 Å². The first kappa shape index (κ1) is 18.0. The van der Waals surface area contributed by atoms with Crippen LogP contribution in [0.15, 0.2) is 47.4 Å². The van der Waals surface area contributed by atoms with Gasteiger partial charge >= 0.3 is 0 Å². The molecule has 0 aliphatic heterocycles. The van der Waals surface area contributed by atoms with Crippen molar-refractivity contribution in [3.63, 3.8) is 0 Å². The Labute approximate surface area is 142 Å². The molecule has 0 N–H and O–H groups in total. The lowest BCUT2D eigenvalue weighted by Crippen LogP contribution is -2.27. The molecule has 1 amide bonds. The molecule has 5 nitrogen and oxygen atoms in total. The highest BCUT2D eigenvalue weighted by atomic mass is 32.2. The van der Waals surface area contributed by atoms with E-state index in [1.54, 1.807) is 26.3 Å². The minimum Gasteiger partial charge on any atom is -0.496 e. The second kappa shape index (κ2) is 7.05. The Morgan fingerprint density at radius 1 is 1.17 bits per heavy atom. The highest BCUT2D eigenvalue weighted by Gasteiger charge is 2.21. The van der Waals surface area contributed by atoms with Crippen molar-refractivity contribution in [2.75, 3.05) is 20.4 Å². The van der Waals surface area contributed by atoms with Gasteiger partial charge < -0.3 is 9.64 Å². The normalized spacial score (nSPS) is 11.2. The molecule has 0 saturated heterocycles. The largest absolute Gasteiger partial charge is 0.496 e. The van der Waals surface area contributed by atoms with Gasteiger partial charge in [-0.25, -0.2) is 8.42 Å². The molecule has 0 aliphatic rings. The van der Waals surface area contributed by atoms with Gasteiger partial charge in [0, 0.05) is 25.4 Å². The van der Waals surface area contributed by atoms with Crippen LogP contribution >= 0.6 is 0 Å². The average molecular weight is 347 g/mol. The number of aryl methyl sites for hydroxylation is 1. The minimum atomic E-state index is -3.48. The number of carbonyl (C=O) groups excluding carboxylic acids is 1. The molecule has 24 heavy (non-hydrogen) atoms. The zero-order valence-electron chi connectivity index (χ0n) is 14.2. The number of benzene rings is 2. The van der Waals surface area contributed by atoms with Gasteiger partial charge in [-0.2, -0.15) is 0 Å². The Morgan fingerprint density at radius 3 is 2.46 bits per heavy atom. The minimum absolute atomic E-state index is 0.0399. The lowest BCUT2D eigenvalue weighted by molar-refractivity contribution is 0.0780. The van der Waals surface area contributed by atoms with Crippen molar-refractivity contribution in [1.29, 1.82) is 0 Å². The number of sulfone groups is 1. The van der Waals surface area contributed by atoms with Crippen molar-refractivity contribution >= 4 is 15.7 Å². The number of ether oxygens (including phenoxy) is 1. The Bertz CT molecular complexity index is 859. The first-order valence-electron chi connectivity index (χ1n) is 7.42. The second-order valence-corrected chi connectivity index (χ2v) is 7.73. The number of rotatable bonds is 5. The summed E-state index contributed by atoms with van der Waals surface area (Å²) < 4.78 is 29.1. The van der Waals surface area contributed by atoms with E-state index in [1.807, 2.05) is 25.1 Å². The molecule has 0 radical (unpaired) electrons. The third kappa shape index (κ3) is 3.94. The predicted molar refractivity (Wildman–Crippen MR) is 93.1 cm³/mol. The van der Waals surface area contributed by atoms with Gasteiger partial charge in [-0.3, -0.25) is 4.79 Å². The van der Waals surface area contributed by atoms with Gasteiger partial charge in [0.1, 0.15) is 5.75 Å². The molecule has 0 unspecified atom stereocenters. The lowest BCUT2D eigenvalue weighted by atomic mass is 10.1. The maximum Gasteiger partial charge on any atom is 0.255 e. The summed E-state index contributed by atoms with van der Waals surface area (Å²) in [5, 5.41) is 0. The quantitative estimate of drug-likeness (QED) is 0.834. The summed E-state index contributed by atoms with van der Waals surface area (Å²) in [6, 6.07) is 12.0. The van der Waals surface area contributed by atoms with Gasteiger partial charge in [0.05, 0.1) is 17.6 Å². The first-order chi connectivity index (χ1) is 11.2. The van der Waals surface area contributed by atoms with Crippen LogP contribution in [0.1, 0.15) is 21.5 Å². The molecule has 0 aromatic heterocycles. The molecular weight excluding hydrogens is 326 g/mol. The fourth-order valence-corrected chi connectivity index (χ4v) is 3.41. The maximum atomic E-state index is 12.7. The molecule has 0 fully saturated rings. The predicted octanol–water partition coefficient (Wildman–Crippen LogP) is 2.68. The van der Waals surface area contributed by atoms with E-state index in [0.29, 0.717) is 12.3 Å². The average Bonchev–Trinajstić information content (AvgIpc) is 2.53. The Hall–Kier alpha value is -2.34. The fourth-order valence-electron chi connectivity index (χ4n) is 2.53. The van der Waals surface area contributed by atoms with Crippen LogP contribution in [0, 0.1) is 6.92 Å². The third-order valence-electron chi connectivity index (χ3n) is 3.71. The molecule has 2 aromatic carbocycles. The number of hydrogen-bond acceptors (Lipinski definition) is 4. The summed E-state index contributed by atoms with van der Waals surface area (Å²) in [6.45, 7) is 2.28. The van der Waals surface area contributed by atoms with Crippen molar-refractivity contribution in [1.82, 2.24) is 4.90 Å². The van der Waals surface area contributed by atoms with Gasteiger partial charge in [-0.05, 0) is 25.1 Å². The summed E-state index contributed by atoms with van der Waals surface area (Å²) in [5.41, 5.74) is 2.10. The number of amides is 1. The molecule has 6 heteroatoms. The van der Waals surface area contributed by atoms with Crippen molar-refractivity contribution < 1.29 is 17.9 Å². The van der Waals surface area contributed by atoms with E-state index in [0.717, 1.165) is 17.4 Å². The van der Waals surface area contributed by atoms with E-state index < -0.39 is 9.84 Å². The van der Waals surface area contributed by atoms with Crippen LogP contribution < -0.4 is 4.74 Å². The Morgan fingerprint density at radius 2 is 1.83 bits per heavy atom. The van der Waals surface area contributed by atoms with E-state index in [2.05, 4.69) is 0 Å². The zero-order chi connectivity index (χ0) is 17.9. The molecule has 0 spiro atoms. The zero-order valence-corrected chi connectivity index (χ0v) is 15.1. The summed E-state index contributed by atoms with van der Waals surface area (Å²) >= 11 is 0. The highest BCUT2D eigenvalue weighted by molar-refractivity contribution is 7.90. The van der Waals surface area contributed by atoms with Crippen LogP contribution in [-0.2, 0) is 16.4 Å². The lowest BCUT2D eigenvalue weighted by Gasteiger charge is -2.20. The molecule has 128 valence electrons. The maximum absolute atomic E-state index is 12.7. The molecule has 0 atom stereocenters. The summed E-state index contributed by atoms with van der Waals surface area (Å²) in [6.07, 6.45) is 1.10. The van der Waals surface area contributed by atoms with Crippen LogP contribution in [0.4, 0.5) is 0 Å². The van der Waals surface area contributed by atoms with Crippen molar-refractivity contribution in [3.05, 3.63) is 59.2 Å². The van der Waals surface area contributed by atoms with Crippen LogP contribution in [-0.4, -0.2) is 39.6 Å². The number of hydrogen-bond donors (Lipinski definition) is 0. The second-order valence-electron chi connectivity index (χ2n) is 5.74.